The van der Waals surface area contributed by atoms with Crippen LogP contribution in [0.5, 0.6) is 0 Å². The highest BCUT2D eigenvalue weighted by atomic mass is 16.3. The molecule has 1 saturated heterocycles. The second-order valence-electron chi connectivity index (χ2n) is 9.77. The molecule has 3 N–H and O–H groups in total. The number of benzene rings is 3. The summed E-state index contributed by atoms with van der Waals surface area (Å²) in [6.07, 6.45) is 1.08. The average molecular weight is 529 g/mol. The highest BCUT2D eigenvalue weighted by Crippen LogP contribution is 2.21. The van der Waals surface area contributed by atoms with Crippen LogP contribution in [0.2, 0.25) is 0 Å². The first-order valence-corrected chi connectivity index (χ1v) is 13.4. The molecular weight excluding hydrogens is 492 g/mol. The maximum absolute atomic E-state index is 13.1. The van der Waals surface area contributed by atoms with Gasteiger partial charge in [0.25, 0.3) is 5.91 Å². The van der Waals surface area contributed by atoms with Crippen molar-refractivity contribution in [3.05, 3.63) is 102 Å². The monoisotopic (exact) mass is 528 g/mol. The third kappa shape index (κ3) is 7.99. The molecule has 0 aromatic heterocycles. The van der Waals surface area contributed by atoms with Gasteiger partial charge in [-0.1, -0.05) is 67.6 Å². The molecule has 3 amide bonds. The minimum absolute atomic E-state index is 0.124. The number of aliphatic hydroxyl groups is 1. The predicted octanol–water partition coefficient (Wildman–Crippen LogP) is 3.11. The van der Waals surface area contributed by atoms with Crippen LogP contribution in [0, 0.1) is 0 Å². The van der Waals surface area contributed by atoms with E-state index in [1.165, 1.54) is 0 Å². The lowest BCUT2D eigenvalue weighted by molar-refractivity contribution is -0.122. The first kappa shape index (κ1) is 28.0. The summed E-state index contributed by atoms with van der Waals surface area (Å²) >= 11 is 0. The van der Waals surface area contributed by atoms with Gasteiger partial charge in [0.05, 0.1) is 18.6 Å². The number of hydrogen-bond acceptors (Lipinski definition) is 5. The normalized spacial score (nSPS) is 14.7. The fraction of sp³-hybridized carbons (Fsp3) is 0.323. The van der Waals surface area contributed by atoms with E-state index in [1.54, 1.807) is 34.2 Å². The number of amides is 3. The molecule has 1 aliphatic heterocycles. The zero-order valence-electron chi connectivity index (χ0n) is 22.3. The van der Waals surface area contributed by atoms with Gasteiger partial charge < -0.3 is 15.3 Å². The maximum atomic E-state index is 13.1. The van der Waals surface area contributed by atoms with Crippen LogP contribution in [0.4, 0.5) is 5.69 Å². The molecule has 204 valence electrons. The Labute approximate surface area is 229 Å². The second kappa shape index (κ2) is 13.7. The minimum Gasteiger partial charge on any atom is -0.390 e. The molecule has 3 aromatic rings. The van der Waals surface area contributed by atoms with Crippen molar-refractivity contribution in [1.29, 1.82) is 0 Å². The topological polar surface area (TPSA) is 102 Å². The van der Waals surface area contributed by atoms with Crippen LogP contribution in [0.1, 0.15) is 41.3 Å². The lowest BCUT2D eigenvalue weighted by Gasteiger charge is -2.30. The smallest absolute Gasteiger partial charge is 0.265 e. The number of anilines is 1. The number of aliphatic hydroxyl groups excluding tert-OH is 1. The number of carbonyl (C=O) groups excluding carboxylic acids is 3. The van der Waals surface area contributed by atoms with Gasteiger partial charge in [0.2, 0.25) is 11.8 Å². The van der Waals surface area contributed by atoms with Crippen molar-refractivity contribution in [3.8, 4) is 0 Å². The van der Waals surface area contributed by atoms with Crippen LogP contribution in [-0.4, -0.2) is 59.6 Å². The van der Waals surface area contributed by atoms with Crippen LogP contribution < -0.4 is 15.6 Å². The molecule has 0 spiro atoms. The third-order valence-electron chi connectivity index (χ3n) is 6.88. The second-order valence-corrected chi connectivity index (χ2v) is 9.77. The van der Waals surface area contributed by atoms with Gasteiger partial charge in [0.1, 0.15) is 0 Å². The van der Waals surface area contributed by atoms with Crippen molar-refractivity contribution >= 4 is 23.4 Å². The van der Waals surface area contributed by atoms with E-state index in [2.05, 4.69) is 10.7 Å². The third-order valence-corrected chi connectivity index (χ3v) is 6.88. The largest absolute Gasteiger partial charge is 0.390 e. The van der Waals surface area contributed by atoms with Gasteiger partial charge >= 0.3 is 0 Å². The molecule has 0 radical (unpaired) electrons. The van der Waals surface area contributed by atoms with E-state index in [4.69, 9.17) is 0 Å². The summed E-state index contributed by atoms with van der Waals surface area (Å²) in [5.74, 6) is -0.344. The Morgan fingerprint density at radius 1 is 0.949 bits per heavy atom. The molecule has 0 saturated carbocycles. The van der Waals surface area contributed by atoms with E-state index < -0.39 is 12.1 Å². The summed E-state index contributed by atoms with van der Waals surface area (Å²) in [6.45, 7) is 3.24. The van der Waals surface area contributed by atoms with Crippen LogP contribution >= 0.6 is 0 Å². The van der Waals surface area contributed by atoms with Gasteiger partial charge in [0, 0.05) is 37.3 Å². The molecule has 1 fully saturated rings. The summed E-state index contributed by atoms with van der Waals surface area (Å²) in [5.41, 5.74) is 6.03. The van der Waals surface area contributed by atoms with Gasteiger partial charge in [-0.3, -0.25) is 19.8 Å². The van der Waals surface area contributed by atoms with Crippen molar-refractivity contribution in [2.45, 2.75) is 44.8 Å². The first-order chi connectivity index (χ1) is 18.9. The SMILES string of the molecule is CCN(CC(O)C(Cc1ccccc1)NC(=O)Cc1ccc(N2CCCC2=O)cc1)NC(=O)c1ccccc1. The Hall–Kier alpha value is -4.01. The molecular formula is C31H36N4O4. The lowest BCUT2D eigenvalue weighted by Crippen LogP contribution is -2.53. The van der Waals surface area contributed by atoms with Gasteiger partial charge in [-0.15, -0.1) is 0 Å². The fourth-order valence-electron chi connectivity index (χ4n) is 4.71. The standard InChI is InChI=1S/C31H36N4O4/c1-2-34(33-31(39)25-12-7-4-8-13-25)22-28(36)27(20-23-10-5-3-6-11-23)32-29(37)21-24-15-17-26(18-16-24)35-19-9-14-30(35)38/h3-8,10-13,15-18,27-28,36H,2,9,14,19-22H2,1H3,(H,32,37)(H,33,39). The number of hydrazine groups is 1. The van der Waals surface area contributed by atoms with Crippen LogP contribution in [0.25, 0.3) is 0 Å². The summed E-state index contributed by atoms with van der Waals surface area (Å²) in [6, 6.07) is 25.5. The lowest BCUT2D eigenvalue weighted by atomic mass is 10.00. The van der Waals surface area contributed by atoms with Gasteiger partial charge in [-0.2, -0.15) is 0 Å². The molecule has 0 bridgehead atoms. The molecule has 1 heterocycles. The fourth-order valence-corrected chi connectivity index (χ4v) is 4.71. The van der Waals surface area contributed by atoms with Gasteiger partial charge in [0.15, 0.2) is 0 Å². The van der Waals surface area contributed by atoms with Crippen molar-refractivity contribution in [3.63, 3.8) is 0 Å². The molecule has 0 aliphatic carbocycles. The summed E-state index contributed by atoms with van der Waals surface area (Å²) in [5, 5.41) is 15.9. The maximum Gasteiger partial charge on any atom is 0.265 e. The molecule has 1 aliphatic rings. The molecule has 3 aromatic carbocycles. The Morgan fingerprint density at radius 3 is 2.23 bits per heavy atom. The van der Waals surface area contributed by atoms with E-state index in [9.17, 15) is 19.5 Å². The molecule has 8 heteroatoms. The number of nitrogens with one attached hydrogen (secondary N) is 2. The number of rotatable bonds is 12. The highest BCUT2D eigenvalue weighted by molar-refractivity contribution is 5.95. The van der Waals surface area contributed by atoms with Crippen LogP contribution in [0.3, 0.4) is 0 Å². The van der Waals surface area contributed by atoms with E-state index in [0.29, 0.717) is 24.9 Å². The zero-order valence-corrected chi connectivity index (χ0v) is 22.3. The Balaban J connectivity index is 1.40. The van der Waals surface area contributed by atoms with E-state index in [1.807, 2.05) is 67.6 Å². The highest BCUT2D eigenvalue weighted by Gasteiger charge is 2.25. The number of nitrogens with zero attached hydrogens (tertiary/aromatic N) is 2. The first-order valence-electron chi connectivity index (χ1n) is 13.4. The Kier molecular flexibility index (Phi) is 9.83. The molecule has 8 nitrogen and oxygen atoms in total. The van der Waals surface area contributed by atoms with Crippen LogP contribution in [0.15, 0.2) is 84.9 Å². The quantitative estimate of drug-likeness (QED) is 0.314. The Morgan fingerprint density at radius 2 is 1.62 bits per heavy atom. The van der Waals surface area contributed by atoms with E-state index in [0.717, 1.165) is 29.8 Å². The molecule has 2 atom stereocenters. The van der Waals surface area contributed by atoms with Crippen molar-refractivity contribution in [1.82, 2.24) is 15.8 Å². The molecule has 2 unspecified atom stereocenters. The van der Waals surface area contributed by atoms with E-state index in [-0.39, 0.29) is 30.7 Å². The number of likely N-dealkylation sites (N-methyl/N-ethyl adjacent to an activating group) is 1. The Bertz CT molecular complexity index is 1230. The summed E-state index contributed by atoms with van der Waals surface area (Å²) < 4.78 is 0. The zero-order chi connectivity index (χ0) is 27.6. The molecule has 4 rings (SSSR count). The van der Waals surface area contributed by atoms with E-state index >= 15 is 0 Å². The van der Waals surface area contributed by atoms with Crippen molar-refractivity contribution in [2.24, 2.45) is 0 Å². The van der Waals surface area contributed by atoms with Crippen molar-refractivity contribution < 1.29 is 19.5 Å². The van der Waals surface area contributed by atoms with Crippen molar-refractivity contribution in [2.75, 3.05) is 24.5 Å². The van der Waals surface area contributed by atoms with Crippen LogP contribution in [-0.2, 0) is 22.4 Å². The van der Waals surface area contributed by atoms with Gasteiger partial charge in [-0.25, -0.2) is 5.01 Å². The number of hydrogen-bond donors (Lipinski definition) is 3. The average Bonchev–Trinajstić information content (AvgIpc) is 3.39. The molecule has 39 heavy (non-hydrogen) atoms. The summed E-state index contributed by atoms with van der Waals surface area (Å²) in [4.78, 5) is 39.5. The minimum atomic E-state index is -0.936. The van der Waals surface area contributed by atoms with Gasteiger partial charge in [-0.05, 0) is 48.2 Å². The predicted molar refractivity (Wildman–Crippen MR) is 151 cm³/mol. The number of carbonyl (C=O) groups is 3. The summed E-state index contributed by atoms with van der Waals surface area (Å²) in [7, 11) is 0.